The van der Waals surface area contributed by atoms with Crippen LogP contribution in [0.5, 0.6) is 0 Å². The first-order valence-corrected chi connectivity index (χ1v) is 5.70. The Morgan fingerprint density at radius 3 is 2.89 bits per heavy atom. The Labute approximate surface area is 108 Å². The van der Waals surface area contributed by atoms with Crippen molar-refractivity contribution in [3.05, 3.63) is 12.7 Å². The molecular formula is C11H13N5O3. The molecule has 0 aromatic carbocycles. The van der Waals surface area contributed by atoms with E-state index in [1.165, 1.54) is 17.2 Å². The molecule has 0 saturated heterocycles. The molecule has 0 unspecified atom stereocenters. The highest BCUT2D eigenvalue weighted by Crippen LogP contribution is 2.14. The molecule has 100 valence electrons. The lowest BCUT2D eigenvalue weighted by Gasteiger charge is -2.03. The lowest BCUT2D eigenvalue weighted by molar-refractivity contribution is -0.145. The van der Waals surface area contributed by atoms with Crippen LogP contribution < -0.4 is 5.73 Å². The van der Waals surface area contributed by atoms with Gasteiger partial charge >= 0.3 is 5.97 Å². The molecule has 0 atom stereocenters. The molecule has 0 amide bonds. The van der Waals surface area contributed by atoms with Gasteiger partial charge in [0.15, 0.2) is 17.2 Å². The number of nitrogens with zero attached hydrogens (tertiary/aromatic N) is 4. The molecule has 0 aliphatic carbocycles. The van der Waals surface area contributed by atoms with Crippen LogP contribution in [0.2, 0.25) is 0 Å². The average molecular weight is 263 g/mol. The van der Waals surface area contributed by atoms with Crippen LogP contribution in [0.1, 0.15) is 13.3 Å². The fourth-order valence-electron chi connectivity index (χ4n) is 1.63. The second-order valence-corrected chi connectivity index (χ2v) is 3.82. The number of Topliss-reactive ketones (excluding diaryl/α,β-unsaturated/α-hetero) is 1. The summed E-state index contributed by atoms with van der Waals surface area (Å²) in [6, 6.07) is 0. The minimum Gasteiger partial charge on any atom is -0.466 e. The molecule has 2 N–H and O–H groups in total. The molecule has 2 aromatic heterocycles. The van der Waals surface area contributed by atoms with E-state index in [2.05, 4.69) is 15.0 Å². The number of hydrogen-bond acceptors (Lipinski definition) is 7. The summed E-state index contributed by atoms with van der Waals surface area (Å²) in [5.41, 5.74) is 6.53. The smallest absolute Gasteiger partial charge is 0.313 e. The largest absolute Gasteiger partial charge is 0.466 e. The molecule has 0 aliphatic heterocycles. The average Bonchev–Trinajstić information content (AvgIpc) is 2.74. The van der Waals surface area contributed by atoms with Gasteiger partial charge in [0.05, 0.1) is 19.5 Å². The van der Waals surface area contributed by atoms with Crippen LogP contribution >= 0.6 is 0 Å². The quantitative estimate of drug-likeness (QED) is 0.593. The highest BCUT2D eigenvalue weighted by Gasteiger charge is 2.14. The van der Waals surface area contributed by atoms with Gasteiger partial charge in [0.1, 0.15) is 18.3 Å². The number of rotatable bonds is 5. The molecule has 0 bridgehead atoms. The van der Waals surface area contributed by atoms with Crippen LogP contribution in [0.3, 0.4) is 0 Å². The normalized spacial score (nSPS) is 10.6. The Bertz CT molecular complexity index is 622. The number of nitrogens with two attached hydrogens (primary N) is 1. The van der Waals surface area contributed by atoms with E-state index in [0.29, 0.717) is 11.2 Å². The number of carbonyl (C=O) groups is 2. The molecule has 2 heterocycles. The third-order valence-corrected chi connectivity index (χ3v) is 2.42. The number of carbonyl (C=O) groups excluding carboxylic acids is 2. The fraction of sp³-hybridized carbons (Fsp3) is 0.364. The van der Waals surface area contributed by atoms with Gasteiger partial charge in [0, 0.05) is 0 Å². The van der Waals surface area contributed by atoms with E-state index in [4.69, 9.17) is 10.5 Å². The molecule has 8 heteroatoms. The van der Waals surface area contributed by atoms with Gasteiger partial charge in [-0.25, -0.2) is 15.0 Å². The number of imidazole rings is 1. The molecule has 2 rings (SSSR count). The summed E-state index contributed by atoms with van der Waals surface area (Å²) in [7, 11) is 0. The predicted octanol–water partition coefficient (Wildman–Crippen LogP) is -0.0692. The minimum absolute atomic E-state index is 0.00817. The number of anilines is 1. The summed E-state index contributed by atoms with van der Waals surface area (Å²) < 4.78 is 6.23. The number of ketones is 1. The lowest BCUT2D eigenvalue weighted by Crippen LogP contribution is -2.16. The molecule has 0 saturated carbocycles. The number of ether oxygens (including phenoxy) is 1. The summed E-state index contributed by atoms with van der Waals surface area (Å²) >= 11 is 0. The first kappa shape index (κ1) is 12.9. The van der Waals surface area contributed by atoms with E-state index in [1.807, 2.05) is 0 Å². The zero-order valence-corrected chi connectivity index (χ0v) is 10.4. The van der Waals surface area contributed by atoms with E-state index in [1.54, 1.807) is 6.92 Å². The molecule has 0 aliphatic rings. The fourth-order valence-corrected chi connectivity index (χ4v) is 1.63. The van der Waals surface area contributed by atoms with Gasteiger partial charge in [-0.3, -0.25) is 9.59 Å². The molecule has 19 heavy (non-hydrogen) atoms. The summed E-state index contributed by atoms with van der Waals surface area (Å²) in [5, 5.41) is 0. The van der Waals surface area contributed by atoms with Crippen molar-refractivity contribution in [1.29, 1.82) is 0 Å². The number of hydrogen-bond donors (Lipinski definition) is 1. The van der Waals surface area contributed by atoms with Crippen molar-refractivity contribution in [3.8, 4) is 0 Å². The van der Waals surface area contributed by atoms with Crippen LogP contribution in [-0.4, -0.2) is 37.9 Å². The first-order chi connectivity index (χ1) is 9.11. The summed E-state index contributed by atoms with van der Waals surface area (Å²) in [5.74, 6) is -0.567. The maximum absolute atomic E-state index is 11.7. The van der Waals surface area contributed by atoms with Gasteiger partial charge in [-0.05, 0) is 6.92 Å². The zero-order chi connectivity index (χ0) is 13.8. The standard InChI is InChI=1S/C11H13N5O3/c1-2-19-8(18)3-7(17)4-16-6-15-9-10(12)13-5-14-11(9)16/h5-6H,2-4H2,1H3,(H2,12,13,14). The Kier molecular flexibility index (Phi) is 3.69. The molecule has 0 radical (unpaired) electrons. The van der Waals surface area contributed by atoms with E-state index >= 15 is 0 Å². The van der Waals surface area contributed by atoms with Crippen LogP contribution in [0.4, 0.5) is 5.82 Å². The van der Waals surface area contributed by atoms with Crippen molar-refractivity contribution in [2.24, 2.45) is 0 Å². The van der Waals surface area contributed by atoms with E-state index in [0.717, 1.165) is 0 Å². The predicted molar refractivity (Wildman–Crippen MR) is 66.0 cm³/mol. The third kappa shape index (κ3) is 2.84. The van der Waals surface area contributed by atoms with E-state index in [9.17, 15) is 9.59 Å². The maximum Gasteiger partial charge on any atom is 0.313 e. The summed E-state index contributed by atoms with van der Waals surface area (Å²) in [4.78, 5) is 34.7. The Morgan fingerprint density at radius 1 is 1.37 bits per heavy atom. The number of nitrogen functional groups attached to an aromatic ring is 1. The molecule has 8 nitrogen and oxygen atoms in total. The monoisotopic (exact) mass is 263 g/mol. The number of aromatic nitrogens is 4. The van der Waals surface area contributed by atoms with Crippen molar-refractivity contribution in [2.45, 2.75) is 19.9 Å². The molecular weight excluding hydrogens is 250 g/mol. The van der Waals surface area contributed by atoms with E-state index < -0.39 is 5.97 Å². The number of fused-ring (bicyclic) bond motifs is 1. The van der Waals surface area contributed by atoms with Gasteiger partial charge in [0.25, 0.3) is 0 Å². The van der Waals surface area contributed by atoms with Crippen molar-refractivity contribution in [3.63, 3.8) is 0 Å². The van der Waals surface area contributed by atoms with Gasteiger partial charge < -0.3 is 15.0 Å². The SMILES string of the molecule is CCOC(=O)CC(=O)Cn1cnc2c(N)ncnc21. The van der Waals surface area contributed by atoms with Crippen LogP contribution in [0.15, 0.2) is 12.7 Å². The van der Waals surface area contributed by atoms with Crippen LogP contribution in [0, 0.1) is 0 Å². The zero-order valence-electron chi connectivity index (χ0n) is 10.4. The number of esters is 1. The van der Waals surface area contributed by atoms with Crippen molar-refractivity contribution < 1.29 is 14.3 Å². The van der Waals surface area contributed by atoms with Gasteiger partial charge in [-0.2, -0.15) is 0 Å². The van der Waals surface area contributed by atoms with Gasteiger partial charge in [-0.1, -0.05) is 0 Å². The van der Waals surface area contributed by atoms with Gasteiger partial charge in [-0.15, -0.1) is 0 Å². The van der Waals surface area contributed by atoms with Crippen LogP contribution in [0.25, 0.3) is 11.2 Å². The first-order valence-electron chi connectivity index (χ1n) is 5.70. The minimum atomic E-state index is -0.536. The lowest BCUT2D eigenvalue weighted by atomic mass is 10.3. The Balaban J connectivity index is 2.11. The van der Waals surface area contributed by atoms with Crippen molar-refractivity contribution in [1.82, 2.24) is 19.5 Å². The highest BCUT2D eigenvalue weighted by molar-refractivity contribution is 5.96. The topological polar surface area (TPSA) is 113 Å². The van der Waals surface area contributed by atoms with Gasteiger partial charge in [0.2, 0.25) is 0 Å². The highest BCUT2D eigenvalue weighted by atomic mass is 16.5. The maximum atomic E-state index is 11.7. The Hall–Kier alpha value is -2.51. The second-order valence-electron chi connectivity index (χ2n) is 3.82. The Morgan fingerprint density at radius 2 is 2.16 bits per heavy atom. The second kappa shape index (κ2) is 5.42. The van der Waals surface area contributed by atoms with Crippen molar-refractivity contribution >= 4 is 28.7 Å². The third-order valence-electron chi connectivity index (χ3n) is 2.42. The van der Waals surface area contributed by atoms with E-state index in [-0.39, 0.29) is 31.2 Å². The molecule has 2 aromatic rings. The molecule has 0 fully saturated rings. The molecule has 0 spiro atoms. The van der Waals surface area contributed by atoms with Crippen LogP contribution in [-0.2, 0) is 20.9 Å². The summed E-state index contributed by atoms with van der Waals surface area (Å²) in [6.45, 7) is 1.93. The van der Waals surface area contributed by atoms with Crippen molar-refractivity contribution in [2.75, 3.05) is 12.3 Å². The summed E-state index contributed by atoms with van der Waals surface area (Å²) in [6.07, 6.45) is 2.47.